The lowest BCUT2D eigenvalue weighted by molar-refractivity contribution is 0.841. The summed E-state index contributed by atoms with van der Waals surface area (Å²) >= 11 is 15.5. The van der Waals surface area contributed by atoms with E-state index in [0.717, 1.165) is 21.2 Å². The number of hydrogen-bond acceptors (Lipinski definition) is 2. The zero-order valence-electron chi connectivity index (χ0n) is 13.5. The molecule has 0 spiro atoms. The first-order valence-corrected chi connectivity index (χ1v) is 9.35. The normalized spacial score (nSPS) is 11.8. The number of hydrogen-bond donors (Lipinski definition) is 1. The molecule has 0 aliphatic heterocycles. The minimum Gasteiger partial charge on any atom is -0.328 e. The number of H-pyrrole nitrogens is 1. The maximum atomic E-state index is 12.2. The van der Waals surface area contributed by atoms with Crippen LogP contribution < -0.4 is 5.56 Å². The Morgan fingerprint density at radius 1 is 1.12 bits per heavy atom. The second kappa shape index (κ2) is 8.09. The maximum Gasteiger partial charge on any atom is 0.255 e. The standard InChI is InChI=1S/C20H13BrCl2N2O/c21-16-4-1-12(2-5-16)18-8-15(11-25-20(18)26)14(10-24)7-13-3-6-17(22)9-19(13)23/h1-6,8-9,11,14H,7H2,(H,25,26). The molecular formula is C20H13BrCl2N2O. The van der Waals surface area contributed by atoms with E-state index in [0.29, 0.717) is 22.0 Å². The zero-order chi connectivity index (χ0) is 18.7. The van der Waals surface area contributed by atoms with Crippen LogP contribution in [-0.4, -0.2) is 4.98 Å². The third kappa shape index (κ3) is 4.19. The van der Waals surface area contributed by atoms with Gasteiger partial charge in [0, 0.05) is 26.3 Å². The Balaban J connectivity index is 1.97. The van der Waals surface area contributed by atoms with Crippen LogP contribution >= 0.6 is 39.1 Å². The van der Waals surface area contributed by atoms with Crippen LogP contribution in [0.3, 0.4) is 0 Å². The van der Waals surface area contributed by atoms with Crippen molar-refractivity contribution in [2.45, 2.75) is 12.3 Å². The smallest absolute Gasteiger partial charge is 0.255 e. The van der Waals surface area contributed by atoms with Gasteiger partial charge in [0.15, 0.2) is 0 Å². The molecule has 0 fully saturated rings. The molecule has 1 N–H and O–H groups in total. The Bertz CT molecular complexity index is 1040. The molecule has 3 rings (SSSR count). The molecular weight excluding hydrogens is 435 g/mol. The van der Waals surface area contributed by atoms with Gasteiger partial charge in [-0.15, -0.1) is 0 Å². The fourth-order valence-corrected chi connectivity index (χ4v) is 3.44. The van der Waals surface area contributed by atoms with Crippen LogP contribution in [0.1, 0.15) is 17.0 Å². The monoisotopic (exact) mass is 446 g/mol. The lowest BCUT2D eigenvalue weighted by Gasteiger charge is -2.12. The highest BCUT2D eigenvalue weighted by Crippen LogP contribution is 2.28. The number of aromatic amines is 1. The molecule has 0 bridgehead atoms. The Hall–Kier alpha value is -2.06. The summed E-state index contributed by atoms with van der Waals surface area (Å²) in [4.78, 5) is 15.0. The van der Waals surface area contributed by atoms with E-state index >= 15 is 0 Å². The average molecular weight is 448 g/mol. The lowest BCUT2D eigenvalue weighted by Crippen LogP contribution is -2.11. The van der Waals surface area contributed by atoms with Crippen molar-refractivity contribution in [2.75, 3.05) is 0 Å². The number of nitrogens with one attached hydrogen (secondary N) is 1. The molecule has 6 heteroatoms. The first kappa shape index (κ1) is 18.7. The van der Waals surface area contributed by atoms with Crippen LogP contribution in [0.15, 0.2) is 64.0 Å². The molecule has 2 aromatic carbocycles. The van der Waals surface area contributed by atoms with E-state index in [2.05, 4.69) is 27.0 Å². The molecule has 3 aromatic rings. The van der Waals surface area contributed by atoms with Gasteiger partial charge in [-0.25, -0.2) is 0 Å². The highest BCUT2D eigenvalue weighted by molar-refractivity contribution is 9.10. The van der Waals surface area contributed by atoms with Gasteiger partial charge in [0.25, 0.3) is 5.56 Å². The minimum atomic E-state index is -0.445. The topological polar surface area (TPSA) is 56.6 Å². The molecule has 1 aromatic heterocycles. The van der Waals surface area contributed by atoms with Gasteiger partial charge in [-0.2, -0.15) is 5.26 Å². The number of aromatic nitrogens is 1. The summed E-state index contributed by atoms with van der Waals surface area (Å²) in [6, 6.07) is 16.7. The highest BCUT2D eigenvalue weighted by atomic mass is 79.9. The van der Waals surface area contributed by atoms with Gasteiger partial charge >= 0.3 is 0 Å². The summed E-state index contributed by atoms with van der Waals surface area (Å²) in [6.07, 6.45) is 2.01. The van der Waals surface area contributed by atoms with E-state index in [4.69, 9.17) is 23.2 Å². The number of pyridine rings is 1. The first-order chi connectivity index (χ1) is 12.5. The van der Waals surface area contributed by atoms with Gasteiger partial charge in [0.2, 0.25) is 0 Å². The zero-order valence-corrected chi connectivity index (χ0v) is 16.6. The van der Waals surface area contributed by atoms with Gasteiger partial charge in [0.1, 0.15) is 0 Å². The Labute approximate surface area is 169 Å². The molecule has 0 aliphatic carbocycles. The lowest BCUT2D eigenvalue weighted by atomic mass is 9.92. The molecule has 1 unspecified atom stereocenters. The fourth-order valence-electron chi connectivity index (χ4n) is 2.69. The third-order valence-electron chi connectivity index (χ3n) is 4.08. The third-order valence-corrected chi connectivity index (χ3v) is 5.19. The van der Waals surface area contributed by atoms with Gasteiger partial charge in [-0.05, 0) is 53.4 Å². The molecule has 0 amide bonds. The number of halogens is 3. The SMILES string of the molecule is N#CC(Cc1ccc(Cl)cc1Cl)c1c[nH]c(=O)c(-c2ccc(Br)cc2)c1. The van der Waals surface area contributed by atoms with Crippen LogP contribution in [0.4, 0.5) is 0 Å². The van der Waals surface area contributed by atoms with Crippen molar-refractivity contribution >= 4 is 39.1 Å². The fraction of sp³-hybridized carbons (Fsp3) is 0.100. The second-order valence-corrected chi connectivity index (χ2v) is 7.56. The van der Waals surface area contributed by atoms with Crippen molar-refractivity contribution in [1.82, 2.24) is 4.98 Å². The maximum absolute atomic E-state index is 12.2. The Kier molecular flexibility index (Phi) is 5.83. The van der Waals surface area contributed by atoms with E-state index in [1.807, 2.05) is 30.3 Å². The van der Waals surface area contributed by atoms with E-state index in [-0.39, 0.29) is 5.56 Å². The van der Waals surface area contributed by atoms with Crippen LogP contribution in [0.2, 0.25) is 10.0 Å². The second-order valence-electron chi connectivity index (χ2n) is 5.80. The van der Waals surface area contributed by atoms with E-state index in [1.165, 1.54) is 0 Å². The summed E-state index contributed by atoms with van der Waals surface area (Å²) in [7, 11) is 0. The van der Waals surface area contributed by atoms with Crippen molar-refractivity contribution in [3.8, 4) is 17.2 Å². The van der Waals surface area contributed by atoms with E-state index in [1.54, 1.807) is 24.4 Å². The highest BCUT2D eigenvalue weighted by Gasteiger charge is 2.16. The van der Waals surface area contributed by atoms with Gasteiger partial charge in [-0.1, -0.05) is 57.3 Å². The molecule has 1 heterocycles. The average Bonchev–Trinajstić information content (AvgIpc) is 2.63. The molecule has 0 aliphatic rings. The summed E-state index contributed by atoms with van der Waals surface area (Å²) in [5.74, 6) is -0.445. The predicted molar refractivity (Wildman–Crippen MR) is 109 cm³/mol. The van der Waals surface area contributed by atoms with E-state index in [9.17, 15) is 10.1 Å². The molecule has 0 saturated carbocycles. The molecule has 0 saturated heterocycles. The first-order valence-electron chi connectivity index (χ1n) is 7.80. The van der Waals surface area contributed by atoms with Crippen molar-refractivity contribution < 1.29 is 0 Å². The molecule has 0 radical (unpaired) electrons. The van der Waals surface area contributed by atoms with Crippen LogP contribution in [0, 0.1) is 11.3 Å². The van der Waals surface area contributed by atoms with Crippen LogP contribution in [0.5, 0.6) is 0 Å². The minimum absolute atomic E-state index is 0.197. The molecule has 26 heavy (non-hydrogen) atoms. The summed E-state index contributed by atoms with van der Waals surface area (Å²) in [5.41, 5.74) is 2.68. The largest absolute Gasteiger partial charge is 0.328 e. The molecule has 130 valence electrons. The van der Waals surface area contributed by atoms with Crippen molar-refractivity contribution in [3.05, 3.63) is 90.7 Å². The number of nitrogens with zero attached hydrogens (tertiary/aromatic N) is 1. The van der Waals surface area contributed by atoms with E-state index < -0.39 is 5.92 Å². The van der Waals surface area contributed by atoms with Crippen molar-refractivity contribution in [2.24, 2.45) is 0 Å². The van der Waals surface area contributed by atoms with Crippen molar-refractivity contribution in [1.29, 1.82) is 5.26 Å². The molecule has 1 atom stereocenters. The Morgan fingerprint density at radius 2 is 1.85 bits per heavy atom. The van der Waals surface area contributed by atoms with Crippen LogP contribution in [-0.2, 0) is 6.42 Å². The van der Waals surface area contributed by atoms with Gasteiger partial charge in [0.05, 0.1) is 12.0 Å². The number of nitriles is 1. The summed E-state index contributed by atoms with van der Waals surface area (Å²) < 4.78 is 0.932. The number of benzene rings is 2. The Morgan fingerprint density at radius 3 is 2.50 bits per heavy atom. The predicted octanol–water partition coefficient (Wildman–Crippen LogP) is 5.96. The summed E-state index contributed by atoms with van der Waals surface area (Å²) in [6.45, 7) is 0. The quantitative estimate of drug-likeness (QED) is 0.536. The van der Waals surface area contributed by atoms with Crippen LogP contribution in [0.25, 0.3) is 11.1 Å². The summed E-state index contributed by atoms with van der Waals surface area (Å²) in [5, 5.41) is 10.7. The van der Waals surface area contributed by atoms with Gasteiger partial charge < -0.3 is 4.98 Å². The van der Waals surface area contributed by atoms with Gasteiger partial charge in [-0.3, -0.25) is 4.79 Å². The van der Waals surface area contributed by atoms with Crippen molar-refractivity contribution in [3.63, 3.8) is 0 Å². The molecule has 3 nitrogen and oxygen atoms in total. The number of rotatable bonds is 4.